The first-order valence-corrected chi connectivity index (χ1v) is 18.0. The number of unbranched alkanes of at least 4 members (excludes halogenated alkanes) is 21. The molecule has 250 valence electrons. The Morgan fingerprint density at radius 1 is 0.605 bits per heavy atom. The highest BCUT2D eigenvalue weighted by Gasteiger charge is 2.10. The molecule has 0 aliphatic carbocycles. The van der Waals surface area contributed by atoms with Gasteiger partial charge in [0.15, 0.2) is 5.78 Å². The van der Waals surface area contributed by atoms with Crippen LogP contribution in [0.2, 0.25) is 0 Å². The lowest BCUT2D eigenvalue weighted by atomic mass is 10.0. The Bertz CT molecular complexity index is 815. The Morgan fingerprint density at radius 2 is 0.977 bits per heavy atom. The third kappa shape index (κ3) is 26.3. The molecule has 0 radical (unpaired) electrons. The molecule has 0 spiro atoms. The maximum Gasteiger partial charge on any atom is 0.162 e. The zero-order valence-corrected chi connectivity index (χ0v) is 29.0. The summed E-state index contributed by atoms with van der Waals surface area (Å²) in [5.74, 6) is -1.93. The molecule has 0 amide bonds. The zero-order chi connectivity index (χ0) is 32.2. The Balaban J connectivity index is 0.000000830. The summed E-state index contributed by atoms with van der Waals surface area (Å²) in [6, 6.07) is 3.88. The summed E-state index contributed by atoms with van der Waals surface area (Å²) in [6.45, 7) is 5.83. The van der Waals surface area contributed by atoms with Crippen LogP contribution in [0.5, 0.6) is 5.75 Å². The molecule has 0 saturated carbocycles. The zero-order valence-electron chi connectivity index (χ0n) is 29.0. The van der Waals surface area contributed by atoms with Gasteiger partial charge in [-0.25, -0.2) is 0 Å². The van der Waals surface area contributed by atoms with Crippen LogP contribution < -0.4 is 5.11 Å². The topological polar surface area (TPSA) is 77.4 Å². The van der Waals surface area contributed by atoms with Crippen LogP contribution in [0, 0.1) is 0 Å². The van der Waals surface area contributed by atoms with Crippen LogP contribution in [0.1, 0.15) is 189 Å². The van der Waals surface area contributed by atoms with Gasteiger partial charge in [-0.15, -0.1) is 0 Å². The molecular weight excluding hydrogens is 534 g/mol. The smallest absolute Gasteiger partial charge is 0.162 e. The van der Waals surface area contributed by atoms with E-state index in [0.29, 0.717) is 12.0 Å². The summed E-state index contributed by atoms with van der Waals surface area (Å²) in [6.07, 6.45) is 31.4. The van der Waals surface area contributed by atoms with Crippen molar-refractivity contribution in [2.75, 3.05) is 27.7 Å². The molecule has 1 rings (SSSR count). The highest BCUT2D eigenvalue weighted by atomic mass is 16.4. The fourth-order valence-corrected chi connectivity index (χ4v) is 5.39. The van der Waals surface area contributed by atoms with Gasteiger partial charge in [-0.3, -0.25) is 4.79 Å². The van der Waals surface area contributed by atoms with Gasteiger partial charge in [-0.1, -0.05) is 142 Å². The van der Waals surface area contributed by atoms with E-state index >= 15 is 0 Å². The third-order valence-corrected chi connectivity index (χ3v) is 8.23. The lowest BCUT2D eigenvalue weighted by Gasteiger charge is -2.23. The molecule has 5 nitrogen and oxygen atoms in total. The number of carbonyl (C=O) groups excluding carboxylic acids is 2. The van der Waals surface area contributed by atoms with E-state index in [9.17, 15) is 19.8 Å². The molecule has 0 bridgehead atoms. The van der Waals surface area contributed by atoms with E-state index < -0.39 is 5.97 Å². The Labute approximate surface area is 266 Å². The van der Waals surface area contributed by atoms with Gasteiger partial charge in [-0.05, 0) is 37.5 Å². The summed E-state index contributed by atoms with van der Waals surface area (Å²) in [4.78, 5) is 22.9. The summed E-state index contributed by atoms with van der Waals surface area (Å²) >= 11 is 0. The largest absolute Gasteiger partial charge is 0.545 e. The van der Waals surface area contributed by atoms with E-state index in [1.54, 1.807) is 0 Å². The maximum atomic E-state index is 12.0. The summed E-state index contributed by atoms with van der Waals surface area (Å²) in [7, 11) is 6.88. The van der Waals surface area contributed by atoms with Gasteiger partial charge in [0, 0.05) is 17.5 Å². The van der Waals surface area contributed by atoms with Crippen molar-refractivity contribution in [1.29, 1.82) is 0 Å². The fraction of sp³-hybridized carbons (Fsp3) is 0.789. The van der Waals surface area contributed by atoms with E-state index in [1.165, 1.54) is 153 Å². The molecule has 1 aromatic rings. The number of rotatable bonds is 27. The molecule has 0 atom stereocenters. The monoisotopic (exact) mass is 604 g/mol. The number of aromatic hydroxyl groups is 1. The molecule has 0 aromatic heterocycles. The van der Waals surface area contributed by atoms with Gasteiger partial charge in [0.25, 0.3) is 0 Å². The van der Waals surface area contributed by atoms with Crippen molar-refractivity contribution in [3.63, 3.8) is 0 Å². The predicted molar refractivity (Wildman–Crippen MR) is 182 cm³/mol. The van der Waals surface area contributed by atoms with Gasteiger partial charge >= 0.3 is 0 Å². The minimum atomic E-state index is -1.47. The first-order chi connectivity index (χ1) is 20.6. The fourth-order valence-electron chi connectivity index (χ4n) is 5.39. The van der Waals surface area contributed by atoms with Crippen molar-refractivity contribution < 1.29 is 24.3 Å². The Hall–Kier alpha value is -1.88. The number of carbonyl (C=O) groups is 2. The van der Waals surface area contributed by atoms with Crippen LogP contribution in [-0.2, 0) is 0 Å². The quantitative estimate of drug-likeness (QED) is 0.0616. The van der Waals surface area contributed by atoms with E-state index in [0.717, 1.165) is 23.7 Å². The maximum absolute atomic E-state index is 12.0. The van der Waals surface area contributed by atoms with Crippen molar-refractivity contribution in [2.24, 2.45) is 0 Å². The Morgan fingerprint density at radius 3 is 1.35 bits per heavy atom. The second kappa shape index (κ2) is 27.7. The number of aromatic carboxylic acids is 1. The van der Waals surface area contributed by atoms with Gasteiger partial charge < -0.3 is 19.5 Å². The van der Waals surface area contributed by atoms with Crippen LogP contribution in [0.25, 0.3) is 0 Å². The summed E-state index contributed by atoms with van der Waals surface area (Å²) < 4.78 is 1.12. The lowest BCUT2D eigenvalue weighted by Crippen LogP contribution is -2.35. The summed E-state index contributed by atoms with van der Waals surface area (Å²) in [5, 5.41) is 20.2. The van der Waals surface area contributed by atoms with E-state index in [1.807, 2.05) is 0 Å². The van der Waals surface area contributed by atoms with E-state index in [-0.39, 0.29) is 17.1 Å². The number of quaternary nitrogens is 1. The van der Waals surface area contributed by atoms with Crippen LogP contribution in [-0.4, -0.2) is 49.0 Å². The number of ketones is 1. The highest BCUT2D eigenvalue weighted by molar-refractivity contribution is 5.99. The van der Waals surface area contributed by atoms with Crippen molar-refractivity contribution in [2.45, 2.75) is 168 Å². The van der Waals surface area contributed by atoms with Crippen LogP contribution in [0.15, 0.2) is 18.2 Å². The van der Waals surface area contributed by atoms with Gasteiger partial charge in [0.2, 0.25) is 0 Å². The van der Waals surface area contributed by atoms with Gasteiger partial charge in [0.05, 0.1) is 33.7 Å². The number of hydrogen-bond donors (Lipinski definition) is 1. The molecule has 0 heterocycles. The standard InChI is InChI=1S/C19H42N.C19H28O4/c1-5-6-7-8-9-10-11-12-13-14-15-16-17-18-19-20(2,3)4;1-2-3-4-5-6-7-8-9-10-11-17(20)15-12-13-18(21)16(14-15)19(22)23/h5-19H2,1-4H3;12-14,21H,2-11H2,1H3,(H,22,23)/q+1;/p-1. The number of benzene rings is 1. The van der Waals surface area contributed by atoms with Crippen molar-refractivity contribution >= 4 is 11.8 Å². The molecular formula is C38H69NO4. The van der Waals surface area contributed by atoms with Crippen LogP contribution in [0.4, 0.5) is 0 Å². The first-order valence-electron chi connectivity index (χ1n) is 18.0. The number of carboxylic acid groups (broad SMARTS) is 1. The minimum Gasteiger partial charge on any atom is -0.545 e. The molecule has 0 unspecified atom stereocenters. The van der Waals surface area contributed by atoms with E-state index in [2.05, 4.69) is 35.0 Å². The highest BCUT2D eigenvalue weighted by Crippen LogP contribution is 2.20. The third-order valence-electron chi connectivity index (χ3n) is 8.23. The molecule has 5 heteroatoms. The molecule has 1 N–H and O–H groups in total. The van der Waals surface area contributed by atoms with Crippen molar-refractivity contribution in [3.8, 4) is 5.75 Å². The van der Waals surface area contributed by atoms with Crippen molar-refractivity contribution in [1.82, 2.24) is 0 Å². The molecule has 0 aliphatic rings. The number of hydrogen-bond acceptors (Lipinski definition) is 4. The predicted octanol–water partition coefficient (Wildman–Crippen LogP) is 10.0. The normalized spacial score (nSPS) is 11.3. The molecule has 0 fully saturated rings. The Kier molecular flexibility index (Phi) is 26.4. The SMILES string of the molecule is CCCCCCCCCCCC(=O)c1ccc(O)c(C(=O)[O-])c1.CCCCCCCCCCCCCCCC[N+](C)(C)C. The second-order valence-corrected chi connectivity index (χ2v) is 13.6. The molecule has 0 saturated heterocycles. The average Bonchev–Trinajstić information content (AvgIpc) is 2.96. The van der Waals surface area contributed by atoms with Gasteiger partial charge in [0.1, 0.15) is 5.75 Å². The van der Waals surface area contributed by atoms with E-state index in [4.69, 9.17) is 0 Å². The molecule has 0 aliphatic heterocycles. The van der Waals surface area contributed by atoms with Crippen molar-refractivity contribution in [3.05, 3.63) is 29.3 Å². The summed E-state index contributed by atoms with van der Waals surface area (Å²) in [5.41, 5.74) is -0.00973. The average molecular weight is 604 g/mol. The lowest BCUT2D eigenvalue weighted by molar-refractivity contribution is -0.870. The minimum absolute atomic E-state index is 0.0876. The number of carboxylic acids is 1. The van der Waals surface area contributed by atoms with Crippen LogP contribution >= 0.6 is 0 Å². The van der Waals surface area contributed by atoms with Gasteiger partial charge in [-0.2, -0.15) is 0 Å². The first kappa shape index (κ1) is 41.1. The molecule has 1 aromatic carbocycles. The van der Waals surface area contributed by atoms with Crippen LogP contribution in [0.3, 0.4) is 0 Å². The molecule has 43 heavy (non-hydrogen) atoms. The number of nitrogens with zero attached hydrogens (tertiary/aromatic N) is 1. The number of Topliss-reactive ketones (excluding diaryl/α,β-unsaturated/α-hetero) is 1. The number of phenols is 1. The second-order valence-electron chi connectivity index (χ2n) is 13.6.